The number of rotatable bonds is 3. The van der Waals surface area contributed by atoms with E-state index in [1.807, 2.05) is 48.5 Å². The lowest BCUT2D eigenvalue weighted by Crippen LogP contribution is -2.63. The summed E-state index contributed by atoms with van der Waals surface area (Å²) in [7, 11) is 0. The number of benzene rings is 1. The van der Waals surface area contributed by atoms with Crippen LogP contribution in [0.1, 0.15) is 57.9 Å². The molecule has 1 saturated heterocycles. The predicted molar refractivity (Wildman–Crippen MR) is 142 cm³/mol. The van der Waals surface area contributed by atoms with Crippen molar-refractivity contribution in [2.24, 2.45) is 28.6 Å². The maximum Gasteiger partial charge on any atom is 0.202 e. The average molecular weight is 525 g/mol. The minimum Gasteiger partial charge on any atom is -0.393 e. The lowest BCUT2D eigenvalue weighted by molar-refractivity contribution is -0.199. The first-order chi connectivity index (χ1) is 18.7. The molecule has 0 bridgehead atoms. The zero-order valence-electron chi connectivity index (χ0n) is 22.2. The van der Waals surface area contributed by atoms with Crippen LogP contribution in [0, 0.1) is 39.9 Å². The van der Waals surface area contributed by atoms with Crippen LogP contribution in [0.4, 0.5) is 0 Å². The maximum atomic E-state index is 13.9. The first-order valence-corrected chi connectivity index (χ1v) is 13.9. The molecule has 2 aromatic rings. The highest BCUT2D eigenvalue weighted by molar-refractivity contribution is 6.01. The van der Waals surface area contributed by atoms with Crippen molar-refractivity contribution in [1.29, 1.82) is 5.26 Å². The standard InChI is InChI=1S/C32H32N2O5/c1-30-13-11-20(35)15-19(30)8-9-21-22-16-27-32(26(37)12-14-33,31(22,2)17-25(36)28(21)30)39-29(38-27)24-10-7-18-5-3-4-6-23(18)34-24/h3-7,10-11,13,15,21-22,25,27-29,36H,8-9,12,16-17H2,1-2H3/t21-,22-,25-,27+,28+,29?,30-,31-,32+/m0/s1. The van der Waals surface area contributed by atoms with Gasteiger partial charge in [-0.2, -0.15) is 5.26 Å². The van der Waals surface area contributed by atoms with E-state index in [1.165, 1.54) is 0 Å². The number of aromatic nitrogens is 1. The third kappa shape index (κ3) is 3.23. The Bertz CT molecular complexity index is 1510. The van der Waals surface area contributed by atoms with Gasteiger partial charge in [-0.25, -0.2) is 4.98 Å². The smallest absolute Gasteiger partial charge is 0.202 e. The van der Waals surface area contributed by atoms with Crippen molar-refractivity contribution in [2.45, 2.75) is 70.1 Å². The second-order valence-electron chi connectivity index (χ2n) is 12.4. The van der Waals surface area contributed by atoms with Gasteiger partial charge in [0.15, 0.2) is 17.2 Å². The van der Waals surface area contributed by atoms with Gasteiger partial charge >= 0.3 is 0 Å². The summed E-state index contributed by atoms with van der Waals surface area (Å²) in [5.41, 5.74) is 0.0326. The summed E-state index contributed by atoms with van der Waals surface area (Å²) in [6.07, 6.45) is 5.58. The molecule has 1 N–H and O–H groups in total. The molecule has 5 aliphatic rings. The topological polar surface area (TPSA) is 110 Å². The van der Waals surface area contributed by atoms with E-state index < -0.39 is 34.9 Å². The molecule has 1 aromatic heterocycles. The second-order valence-corrected chi connectivity index (χ2v) is 12.4. The molecule has 200 valence electrons. The van der Waals surface area contributed by atoms with E-state index in [0.717, 1.165) is 29.3 Å². The van der Waals surface area contributed by atoms with Crippen molar-refractivity contribution in [2.75, 3.05) is 0 Å². The van der Waals surface area contributed by atoms with Crippen LogP contribution in [0.5, 0.6) is 0 Å². The summed E-state index contributed by atoms with van der Waals surface area (Å²) in [4.78, 5) is 30.8. The first-order valence-electron chi connectivity index (χ1n) is 13.9. The lowest BCUT2D eigenvalue weighted by Gasteiger charge is -2.59. The average Bonchev–Trinajstić information content (AvgIpc) is 3.42. The summed E-state index contributed by atoms with van der Waals surface area (Å²) in [6, 6.07) is 13.7. The maximum absolute atomic E-state index is 13.9. The molecule has 7 nitrogen and oxygen atoms in total. The number of carbonyl (C=O) groups is 2. The molecule has 0 radical (unpaired) electrons. The summed E-state index contributed by atoms with van der Waals surface area (Å²) in [5.74, 6) is -0.156. The van der Waals surface area contributed by atoms with Gasteiger partial charge in [-0.3, -0.25) is 9.59 Å². The molecule has 4 fully saturated rings. The van der Waals surface area contributed by atoms with Crippen molar-refractivity contribution in [3.05, 3.63) is 65.9 Å². The number of para-hydroxylation sites is 1. The van der Waals surface area contributed by atoms with Crippen molar-refractivity contribution in [3.63, 3.8) is 0 Å². The SMILES string of the molecule is C[C@]12C=CC(=O)C=C1CC[C@@H]1[C@@H]2[C@@H](O)C[C@@]2(C)[C@H]1C[C@H]1OC(c3ccc4ccccc4n3)O[C@]12C(=O)CC#N. The number of Topliss-reactive ketones (excluding diaryl/α,β-unsaturated/α-hetero) is 1. The largest absolute Gasteiger partial charge is 0.393 e. The quantitative estimate of drug-likeness (QED) is 0.617. The molecule has 39 heavy (non-hydrogen) atoms. The fraction of sp³-hybridized carbons (Fsp3) is 0.500. The Kier molecular flexibility index (Phi) is 5.35. The molecule has 9 atom stereocenters. The number of fused-ring (bicyclic) bond motifs is 8. The number of ether oxygens (including phenoxy) is 2. The van der Waals surface area contributed by atoms with Crippen molar-refractivity contribution in [1.82, 2.24) is 4.98 Å². The van der Waals surface area contributed by atoms with Crippen molar-refractivity contribution < 1.29 is 24.2 Å². The fourth-order valence-electron chi connectivity index (χ4n) is 9.12. The highest BCUT2D eigenvalue weighted by Crippen LogP contribution is 2.70. The van der Waals surface area contributed by atoms with Gasteiger partial charge in [0.05, 0.1) is 35.9 Å². The van der Waals surface area contributed by atoms with Gasteiger partial charge < -0.3 is 14.6 Å². The van der Waals surface area contributed by atoms with E-state index >= 15 is 0 Å². The molecule has 1 aromatic carbocycles. The van der Waals surface area contributed by atoms with Gasteiger partial charge in [0.2, 0.25) is 6.29 Å². The molecular formula is C32H32N2O5. The number of aliphatic hydroxyl groups is 1. The van der Waals surface area contributed by atoms with Gasteiger partial charge in [-0.15, -0.1) is 0 Å². The van der Waals surface area contributed by atoms with Crippen LogP contribution in [0.2, 0.25) is 0 Å². The van der Waals surface area contributed by atoms with Crippen LogP contribution in [0.25, 0.3) is 10.9 Å². The number of ketones is 2. The van der Waals surface area contributed by atoms with Gasteiger partial charge in [-0.1, -0.05) is 49.8 Å². The highest BCUT2D eigenvalue weighted by atomic mass is 16.7. The van der Waals surface area contributed by atoms with Gasteiger partial charge in [0.25, 0.3) is 0 Å². The Balaban J connectivity index is 1.28. The zero-order chi connectivity index (χ0) is 27.2. The van der Waals surface area contributed by atoms with Crippen LogP contribution in [0.3, 0.4) is 0 Å². The Morgan fingerprint density at radius 2 is 2.05 bits per heavy atom. The second kappa shape index (κ2) is 8.41. The van der Waals surface area contributed by atoms with Crippen LogP contribution < -0.4 is 0 Å². The molecule has 7 rings (SSSR count). The van der Waals surface area contributed by atoms with Gasteiger partial charge in [0, 0.05) is 22.1 Å². The molecule has 0 spiro atoms. The summed E-state index contributed by atoms with van der Waals surface area (Å²) < 4.78 is 13.2. The van der Waals surface area contributed by atoms with E-state index in [9.17, 15) is 20.0 Å². The zero-order valence-corrected chi connectivity index (χ0v) is 22.2. The van der Waals surface area contributed by atoms with Crippen LogP contribution in [0.15, 0.2) is 60.2 Å². The van der Waals surface area contributed by atoms with E-state index in [4.69, 9.17) is 14.5 Å². The van der Waals surface area contributed by atoms with E-state index in [0.29, 0.717) is 18.5 Å². The molecule has 4 aliphatic carbocycles. The third-order valence-electron chi connectivity index (χ3n) is 10.8. The van der Waals surface area contributed by atoms with E-state index in [2.05, 4.69) is 13.8 Å². The summed E-state index contributed by atoms with van der Waals surface area (Å²) in [5, 5.41) is 22.4. The van der Waals surface area contributed by atoms with Crippen LogP contribution in [-0.4, -0.2) is 39.5 Å². The van der Waals surface area contributed by atoms with Crippen LogP contribution >= 0.6 is 0 Å². The molecule has 1 aliphatic heterocycles. The summed E-state index contributed by atoms with van der Waals surface area (Å²) >= 11 is 0. The number of hydrogen-bond acceptors (Lipinski definition) is 7. The molecule has 3 saturated carbocycles. The fourth-order valence-corrected chi connectivity index (χ4v) is 9.12. The number of carbonyl (C=O) groups excluding carboxylic acids is 2. The normalized spacial score (nSPS) is 42.2. The van der Waals surface area contributed by atoms with Crippen LogP contribution in [-0.2, 0) is 19.1 Å². The Morgan fingerprint density at radius 1 is 1.23 bits per heavy atom. The Labute approximate surface area is 227 Å². The molecule has 0 amide bonds. The molecular weight excluding hydrogens is 492 g/mol. The minimum absolute atomic E-state index is 0.00246. The number of pyridine rings is 1. The number of aliphatic hydroxyl groups excluding tert-OH is 1. The first kappa shape index (κ1) is 24.8. The molecule has 7 heteroatoms. The van der Waals surface area contributed by atoms with E-state index in [1.54, 1.807) is 12.2 Å². The summed E-state index contributed by atoms with van der Waals surface area (Å²) in [6.45, 7) is 4.19. The van der Waals surface area contributed by atoms with Crippen molar-refractivity contribution in [3.8, 4) is 6.07 Å². The monoisotopic (exact) mass is 524 g/mol. The Hall–Kier alpha value is -3.18. The van der Waals surface area contributed by atoms with Gasteiger partial charge in [-0.05, 0) is 61.8 Å². The minimum atomic E-state index is -1.34. The molecule has 2 heterocycles. The molecule has 1 unspecified atom stereocenters. The number of nitrogens with zero attached hydrogens (tertiary/aromatic N) is 2. The number of allylic oxidation sites excluding steroid dienone is 4. The third-order valence-corrected chi connectivity index (χ3v) is 10.8. The number of hydrogen-bond donors (Lipinski definition) is 1. The highest BCUT2D eigenvalue weighted by Gasteiger charge is 2.76. The Morgan fingerprint density at radius 3 is 2.87 bits per heavy atom. The van der Waals surface area contributed by atoms with Crippen molar-refractivity contribution >= 4 is 22.5 Å². The van der Waals surface area contributed by atoms with E-state index in [-0.39, 0.29) is 35.7 Å². The van der Waals surface area contributed by atoms with Gasteiger partial charge in [0.1, 0.15) is 0 Å². The lowest BCUT2D eigenvalue weighted by atomic mass is 9.46. The predicted octanol–water partition coefficient (Wildman–Crippen LogP) is 4.76. The number of nitriles is 1.